The lowest BCUT2D eigenvalue weighted by molar-refractivity contribution is 0.477. The highest BCUT2D eigenvalue weighted by molar-refractivity contribution is 6.30. The minimum absolute atomic E-state index is 0.138. The van der Waals surface area contributed by atoms with Crippen LogP contribution in [0.4, 0.5) is 0 Å². The molecule has 0 saturated carbocycles. The predicted molar refractivity (Wildman–Crippen MR) is 60.1 cm³/mol. The Morgan fingerprint density at radius 2 is 2.27 bits per heavy atom. The van der Waals surface area contributed by atoms with Gasteiger partial charge in [0, 0.05) is 11.2 Å². The summed E-state index contributed by atoms with van der Waals surface area (Å²) in [5.74, 6) is 0.806. The summed E-state index contributed by atoms with van der Waals surface area (Å²) >= 11 is 5.75. The lowest BCUT2D eigenvalue weighted by atomic mass is 10.2. The fourth-order valence-electron chi connectivity index (χ4n) is 1.38. The summed E-state index contributed by atoms with van der Waals surface area (Å²) in [6, 6.07) is 4.98. The maximum Gasteiger partial charge on any atom is 0.141 e. The fourth-order valence-corrected chi connectivity index (χ4v) is 1.55. The first kappa shape index (κ1) is 10.1. The van der Waals surface area contributed by atoms with E-state index < -0.39 is 0 Å². The van der Waals surface area contributed by atoms with Crippen LogP contribution < -0.4 is 0 Å². The molecule has 1 heterocycles. The van der Waals surface area contributed by atoms with Gasteiger partial charge >= 0.3 is 0 Å². The number of rotatable bonds is 2. The van der Waals surface area contributed by atoms with E-state index in [1.54, 1.807) is 12.1 Å². The molecule has 0 saturated heterocycles. The second kappa shape index (κ2) is 3.95. The Morgan fingerprint density at radius 1 is 1.47 bits per heavy atom. The Morgan fingerprint density at radius 3 is 2.87 bits per heavy atom. The normalized spacial score (nSPS) is 10.5. The van der Waals surface area contributed by atoms with E-state index in [0.29, 0.717) is 16.4 Å². The predicted octanol–water partition coefficient (Wildman–Crippen LogP) is 3.00. The van der Waals surface area contributed by atoms with E-state index in [9.17, 15) is 5.11 Å². The van der Waals surface area contributed by atoms with Crippen molar-refractivity contribution in [3.8, 4) is 17.1 Å². The first-order valence-electron chi connectivity index (χ1n) is 4.74. The zero-order valence-corrected chi connectivity index (χ0v) is 9.04. The summed E-state index contributed by atoms with van der Waals surface area (Å²) in [5, 5.41) is 10.2. The molecular formula is C11H11ClN2O. The molecule has 78 valence electrons. The van der Waals surface area contributed by atoms with Crippen LogP contribution in [0.1, 0.15) is 12.6 Å². The molecule has 2 rings (SSSR count). The Labute approximate surface area is 92.7 Å². The van der Waals surface area contributed by atoms with Crippen molar-refractivity contribution < 1.29 is 5.11 Å². The van der Waals surface area contributed by atoms with Gasteiger partial charge in [-0.25, -0.2) is 4.98 Å². The Kier molecular flexibility index (Phi) is 2.64. The summed E-state index contributed by atoms with van der Waals surface area (Å²) in [4.78, 5) is 7.35. The van der Waals surface area contributed by atoms with Crippen LogP contribution in [-0.4, -0.2) is 15.1 Å². The van der Waals surface area contributed by atoms with Crippen LogP contribution in [0.25, 0.3) is 11.4 Å². The van der Waals surface area contributed by atoms with Crippen LogP contribution in [0.15, 0.2) is 24.4 Å². The first-order chi connectivity index (χ1) is 7.20. The molecule has 0 spiro atoms. The van der Waals surface area contributed by atoms with E-state index in [1.807, 2.05) is 13.1 Å². The second-order valence-corrected chi connectivity index (χ2v) is 3.69. The van der Waals surface area contributed by atoms with Crippen molar-refractivity contribution in [2.24, 2.45) is 0 Å². The molecule has 2 aromatic rings. The van der Waals surface area contributed by atoms with Gasteiger partial charge in [-0.2, -0.15) is 0 Å². The molecule has 0 amide bonds. The van der Waals surface area contributed by atoms with E-state index in [2.05, 4.69) is 9.97 Å². The van der Waals surface area contributed by atoms with Crippen LogP contribution in [0.3, 0.4) is 0 Å². The van der Waals surface area contributed by atoms with Gasteiger partial charge in [0.2, 0.25) is 0 Å². The third kappa shape index (κ3) is 1.97. The number of aromatic amines is 1. The molecule has 2 N–H and O–H groups in total. The van der Waals surface area contributed by atoms with Gasteiger partial charge in [0.15, 0.2) is 0 Å². The van der Waals surface area contributed by atoms with Crippen LogP contribution in [-0.2, 0) is 6.42 Å². The molecule has 1 aromatic heterocycles. The van der Waals surface area contributed by atoms with Gasteiger partial charge in [-0.3, -0.25) is 0 Å². The standard InChI is InChI=1S/C11H11ClN2O/c1-2-8-6-13-11(14-8)9-4-3-7(12)5-10(9)15/h3-6,15H,2H2,1H3,(H,13,14). The van der Waals surface area contributed by atoms with Gasteiger partial charge in [-0.05, 0) is 24.6 Å². The molecule has 0 aliphatic heterocycles. The van der Waals surface area contributed by atoms with E-state index >= 15 is 0 Å². The van der Waals surface area contributed by atoms with Gasteiger partial charge in [0.1, 0.15) is 11.6 Å². The Hall–Kier alpha value is -1.48. The van der Waals surface area contributed by atoms with Crippen molar-refractivity contribution in [3.63, 3.8) is 0 Å². The SMILES string of the molecule is CCc1c[nH]c(-c2ccc(Cl)cc2O)n1. The average molecular weight is 223 g/mol. The molecule has 0 aliphatic rings. The topological polar surface area (TPSA) is 48.9 Å². The lowest BCUT2D eigenvalue weighted by Crippen LogP contribution is -1.83. The number of aromatic nitrogens is 2. The van der Waals surface area contributed by atoms with Gasteiger partial charge in [0.25, 0.3) is 0 Å². The number of hydrogen-bond donors (Lipinski definition) is 2. The largest absolute Gasteiger partial charge is 0.507 e. The minimum Gasteiger partial charge on any atom is -0.507 e. The fraction of sp³-hybridized carbons (Fsp3) is 0.182. The number of imidazole rings is 1. The van der Waals surface area contributed by atoms with Crippen LogP contribution in [0, 0.1) is 0 Å². The molecule has 15 heavy (non-hydrogen) atoms. The Balaban J connectivity index is 2.44. The quantitative estimate of drug-likeness (QED) is 0.821. The first-order valence-corrected chi connectivity index (χ1v) is 5.11. The molecule has 1 aromatic carbocycles. The van der Waals surface area contributed by atoms with Crippen molar-refractivity contribution in [2.45, 2.75) is 13.3 Å². The van der Waals surface area contributed by atoms with Crippen molar-refractivity contribution in [2.75, 3.05) is 0 Å². The van der Waals surface area contributed by atoms with E-state index in [4.69, 9.17) is 11.6 Å². The van der Waals surface area contributed by atoms with Crippen molar-refractivity contribution >= 4 is 11.6 Å². The summed E-state index contributed by atoms with van der Waals surface area (Å²) in [7, 11) is 0. The number of nitrogens with zero attached hydrogens (tertiary/aromatic N) is 1. The summed E-state index contributed by atoms with van der Waals surface area (Å²) < 4.78 is 0. The number of nitrogens with one attached hydrogen (secondary N) is 1. The molecule has 0 bridgehead atoms. The van der Waals surface area contributed by atoms with Gasteiger partial charge in [0.05, 0.1) is 11.3 Å². The zero-order chi connectivity index (χ0) is 10.8. The number of H-pyrrole nitrogens is 1. The van der Waals surface area contributed by atoms with Crippen LogP contribution in [0.5, 0.6) is 5.75 Å². The van der Waals surface area contributed by atoms with Crippen molar-refractivity contribution in [1.82, 2.24) is 9.97 Å². The van der Waals surface area contributed by atoms with Gasteiger partial charge < -0.3 is 10.1 Å². The zero-order valence-electron chi connectivity index (χ0n) is 8.29. The molecule has 0 atom stereocenters. The average Bonchev–Trinajstić information content (AvgIpc) is 2.66. The number of halogens is 1. The Bertz CT molecular complexity index is 479. The highest BCUT2D eigenvalue weighted by atomic mass is 35.5. The summed E-state index contributed by atoms with van der Waals surface area (Å²) in [5.41, 5.74) is 1.64. The number of aryl methyl sites for hydroxylation is 1. The molecule has 0 aliphatic carbocycles. The molecule has 0 fully saturated rings. The third-order valence-electron chi connectivity index (χ3n) is 2.21. The van der Waals surface area contributed by atoms with Crippen LogP contribution in [0.2, 0.25) is 5.02 Å². The van der Waals surface area contributed by atoms with Crippen molar-refractivity contribution in [3.05, 3.63) is 35.1 Å². The number of aromatic hydroxyl groups is 1. The highest BCUT2D eigenvalue weighted by Crippen LogP contribution is 2.29. The molecule has 0 unspecified atom stereocenters. The smallest absolute Gasteiger partial charge is 0.141 e. The maximum atomic E-state index is 9.68. The number of phenols is 1. The number of benzene rings is 1. The monoisotopic (exact) mass is 222 g/mol. The number of hydrogen-bond acceptors (Lipinski definition) is 2. The van der Waals surface area contributed by atoms with Crippen molar-refractivity contribution in [1.29, 1.82) is 0 Å². The van der Waals surface area contributed by atoms with Gasteiger partial charge in [-0.15, -0.1) is 0 Å². The molecule has 0 radical (unpaired) electrons. The summed E-state index contributed by atoms with van der Waals surface area (Å²) in [6.07, 6.45) is 2.70. The minimum atomic E-state index is 0.138. The third-order valence-corrected chi connectivity index (χ3v) is 2.44. The molecular weight excluding hydrogens is 212 g/mol. The van der Waals surface area contributed by atoms with Gasteiger partial charge in [-0.1, -0.05) is 18.5 Å². The van der Waals surface area contributed by atoms with E-state index in [1.165, 1.54) is 6.07 Å². The summed E-state index contributed by atoms with van der Waals surface area (Å²) in [6.45, 7) is 2.03. The maximum absolute atomic E-state index is 9.68. The molecule has 4 heteroatoms. The van der Waals surface area contributed by atoms with Crippen LogP contribution >= 0.6 is 11.6 Å². The number of phenolic OH excluding ortho intramolecular Hbond substituents is 1. The van der Waals surface area contributed by atoms with E-state index in [-0.39, 0.29) is 5.75 Å². The molecule has 3 nitrogen and oxygen atoms in total. The lowest BCUT2D eigenvalue weighted by Gasteiger charge is -2.00. The highest BCUT2D eigenvalue weighted by Gasteiger charge is 2.08. The second-order valence-electron chi connectivity index (χ2n) is 3.26. The van der Waals surface area contributed by atoms with E-state index in [0.717, 1.165) is 12.1 Å².